The van der Waals surface area contributed by atoms with E-state index in [1.54, 1.807) is 0 Å². The number of nitrogens with zero attached hydrogens (tertiary/aromatic N) is 1. The van der Waals surface area contributed by atoms with E-state index in [0.717, 1.165) is 25.0 Å². The number of rotatable bonds is 9. The molecule has 1 heterocycles. The maximum absolute atomic E-state index is 14.9. The minimum Gasteiger partial charge on any atom is -0.493 e. The first-order valence-electron chi connectivity index (χ1n) is 12.3. The molecule has 0 spiro atoms. The Morgan fingerprint density at radius 2 is 1.68 bits per heavy atom. The standard InChI is InChI=1S/C25H28F2N2O6S2/c26-18-2-1-3-20(12-18)37(33,34)29-10-8-16(9-11-29)15-35-24-14-23(27)22(13-21(24)17-4-5-17)25(30)28-36(31,32)19-6-7-19/h1-3,12-14,16-17,19H,4-11,15H2,(H,28,30). The Hall–Kier alpha value is -2.57. The highest BCUT2D eigenvalue weighted by Gasteiger charge is 2.38. The van der Waals surface area contributed by atoms with E-state index in [4.69, 9.17) is 4.74 Å². The van der Waals surface area contributed by atoms with Crippen molar-refractivity contribution in [3.05, 3.63) is 59.2 Å². The molecule has 8 nitrogen and oxygen atoms in total. The van der Waals surface area contributed by atoms with Gasteiger partial charge in [0.05, 0.1) is 22.3 Å². The van der Waals surface area contributed by atoms with Gasteiger partial charge in [0.25, 0.3) is 5.91 Å². The third-order valence-corrected chi connectivity index (χ3v) is 10.8. The Kier molecular flexibility index (Phi) is 7.01. The monoisotopic (exact) mass is 554 g/mol. The summed E-state index contributed by atoms with van der Waals surface area (Å²) in [6, 6.07) is 7.44. The zero-order valence-corrected chi connectivity index (χ0v) is 21.7. The van der Waals surface area contributed by atoms with E-state index in [0.29, 0.717) is 37.0 Å². The van der Waals surface area contributed by atoms with Crippen LogP contribution in [0.25, 0.3) is 0 Å². The van der Waals surface area contributed by atoms with Gasteiger partial charge in [-0.2, -0.15) is 4.31 Å². The summed E-state index contributed by atoms with van der Waals surface area (Å²) in [6.07, 6.45) is 3.74. The molecule has 1 saturated heterocycles. The molecular formula is C25H28F2N2O6S2. The predicted molar refractivity (Wildman–Crippen MR) is 131 cm³/mol. The van der Waals surface area contributed by atoms with Gasteiger partial charge in [-0.1, -0.05) is 6.07 Å². The summed E-state index contributed by atoms with van der Waals surface area (Å²) in [5.74, 6) is -2.00. The zero-order chi connectivity index (χ0) is 26.4. The van der Waals surface area contributed by atoms with Crippen molar-refractivity contribution < 1.29 is 35.1 Å². The first kappa shape index (κ1) is 26.1. The fourth-order valence-electron chi connectivity index (χ4n) is 4.53. The van der Waals surface area contributed by atoms with Gasteiger partial charge < -0.3 is 4.74 Å². The largest absolute Gasteiger partial charge is 0.493 e. The molecule has 1 N–H and O–H groups in total. The average Bonchev–Trinajstić information content (AvgIpc) is 3.75. The van der Waals surface area contributed by atoms with Crippen molar-refractivity contribution in [3.63, 3.8) is 0 Å². The topological polar surface area (TPSA) is 110 Å². The van der Waals surface area contributed by atoms with Crippen molar-refractivity contribution >= 4 is 26.0 Å². The molecule has 5 rings (SSSR count). The van der Waals surface area contributed by atoms with E-state index in [-0.39, 0.29) is 42.0 Å². The van der Waals surface area contributed by atoms with E-state index in [1.165, 1.54) is 28.6 Å². The molecule has 1 amide bonds. The highest BCUT2D eigenvalue weighted by atomic mass is 32.2. The van der Waals surface area contributed by atoms with Gasteiger partial charge in [0, 0.05) is 19.2 Å². The van der Waals surface area contributed by atoms with Crippen LogP contribution in [-0.4, -0.2) is 52.0 Å². The number of carbonyl (C=O) groups excluding carboxylic acids is 1. The van der Waals surface area contributed by atoms with E-state index in [1.807, 2.05) is 4.72 Å². The number of hydrogen-bond acceptors (Lipinski definition) is 6. The van der Waals surface area contributed by atoms with Crippen LogP contribution in [-0.2, 0) is 20.0 Å². The van der Waals surface area contributed by atoms with Crippen molar-refractivity contribution in [3.8, 4) is 5.75 Å². The molecule has 200 valence electrons. The molecule has 0 atom stereocenters. The van der Waals surface area contributed by atoms with Crippen LogP contribution in [0.15, 0.2) is 41.3 Å². The van der Waals surface area contributed by atoms with E-state index in [9.17, 15) is 30.4 Å². The lowest BCUT2D eigenvalue weighted by Crippen LogP contribution is -2.39. The number of benzene rings is 2. The number of sulfonamides is 2. The Morgan fingerprint density at radius 3 is 2.30 bits per heavy atom. The van der Waals surface area contributed by atoms with Crippen molar-refractivity contribution in [2.45, 2.75) is 54.6 Å². The smallest absolute Gasteiger partial charge is 0.267 e. The quantitative estimate of drug-likeness (QED) is 0.508. The molecule has 0 bridgehead atoms. The predicted octanol–water partition coefficient (Wildman–Crippen LogP) is 3.54. The average molecular weight is 555 g/mol. The molecule has 0 radical (unpaired) electrons. The van der Waals surface area contributed by atoms with Crippen LogP contribution in [0.3, 0.4) is 0 Å². The van der Waals surface area contributed by atoms with Gasteiger partial charge >= 0.3 is 0 Å². The van der Waals surface area contributed by atoms with Gasteiger partial charge in [0.2, 0.25) is 20.0 Å². The molecule has 0 aromatic heterocycles. The minimum atomic E-state index is -3.80. The van der Waals surface area contributed by atoms with Gasteiger partial charge in [-0.25, -0.2) is 30.3 Å². The van der Waals surface area contributed by atoms with E-state index >= 15 is 0 Å². The maximum Gasteiger partial charge on any atom is 0.267 e. The second-order valence-corrected chi connectivity index (χ2v) is 13.8. The van der Waals surface area contributed by atoms with Crippen LogP contribution >= 0.6 is 0 Å². The van der Waals surface area contributed by atoms with Crippen LogP contribution in [0.5, 0.6) is 5.75 Å². The molecule has 2 aromatic carbocycles. The van der Waals surface area contributed by atoms with E-state index in [2.05, 4.69) is 0 Å². The maximum atomic E-state index is 14.9. The number of nitrogens with one attached hydrogen (secondary N) is 1. The summed E-state index contributed by atoms with van der Waals surface area (Å²) in [5.41, 5.74) is 0.343. The van der Waals surface area contributed by atoms with E-state index < -0.39 is 42.8 Å². The van der Waals surface area contributed by atoms with Gasteiger partial charge in [0.15, 0.2) is 0 Å². The zero-order valence-electron chi connectivity index (χ0n) is 20.0. The summed E-state index contributed by atoms with van der Waals surface area (Å²) in [5, 5.41) is -0.597. The number of hydrogen-bond donors (Lipinski definition) is 1. The lowest BCUT2D eigenvalue weighted by molar-refractivity contribution is 0.0977. The lowest BCUT2D eigenvalue weighted by atomic mass is 9.99. The molecule has 2 saturated carbocycles. The first-order valence-corrected chi connectivity index (χ1v) is 15.3. The molecule has 3 fully saturated rings. The van der Waals surface area contributed by atoms with Gasteiger partial charge in [-0.3, -0.25) is 4.79 Å². The molecule has 0 unspecified atom stereocenters. The number of halogens is 2. The van der Waals surface area contributed by atoms with Crippen molar-refractivity contribution in [1.82, 2.24) is 9.03 Å². The molecule has 3 aliphatic rings. The Morgan fingerprint density at radius 1 is 0.973 bits per heavy atom. The number of amides is 1. The fourth-order valence-corrected chi connectivity index (χ4v) is 7.32. The van der Waals surface area contributed by atoms with Crippen LogP contribution in [0.2, 0.25) is 0 Å². The van der Waals surface area contributed by atoms with Crippen LogP contribution in [0.4, 0.5) is 8.78 Å². The molecule has 12 heteroatoms. The molecule has 2 aliphatic carbocycles. The van der Waals surface area contributed by atoms with Gasteiger partial charge in [0.1, 0.15) is 17.4 Å². The second-order valence-electron chi connectivity index (χ2n) is 9.94. The minimum absolute atomic E-state index is 0.0285. The third-order valence-electron chi connectivity index (χ3n) is 7.04. The second kappa shape index (κ2) is 9.95. The molecule has 2 aromatic rings. The Labute approximate surface area is 215 Å². The Bertz CT molecular complexity index is 1410. The van der Waals surface area contributed by atoms with Crippen molar-refractivity contribution in [2.75, 3.05) is 19.7 Å². The van der Waals surface area contributed by atoms with Gasteiger partial charge in [-0.15, -0.1) is 0 Å². The third kappa shape index (κ3) is 5.80. The number of carbonyl (C=O) groups is 1. The molecule has 1 aliphatic heterocycles. The summed E-state index contributed by atoms with van der Waals surface area (Å²) < 4.78 is 87.5. The number of piperidine rings is 1. The summed E-state index contributed by atoms with van der Waals surface area (Å²) in [6.45, 7) is 0.755. The summed E-state index contributed by atoms with van der Waals surface area (Å²) >= 11 is 0. The first-order chi connectivity index (χ1) is 17.5. The number of ether oxygens (including phenoxy) is 1. The van der Waals surface area contributed by atoms with Crippen molar-refractivity contribution in [2.24, 2.45) is 5.92 Å². The Balaban J connectivity index is 1.22. The van der Waals surface area contributed by atoms with Crippen molar-refractivity contribution in [1.29, 1.82) is 0 Å². The molecule has 37 heavy (non-hydrogen) atoms. The SMILES string of the molecule is O=C(NS(=O)(=O)C1CC1)c1cc(C2CC2)c(OCC2CCN(S(=O)(=O)c3cccc(F)c3)CC2)cc1F. The molecular weight excluding hydrogens is 526 g/mol. The summed E-state index contributed by atoms with van der Waals surface area (Å²) in [7, 11) is -7.60. The fraction of sp³-hybridized carbons (Fsp3) is 0.480. The lowest BCUT2D eigenvalue weighted by Gasteiger charge is -2.31. The highest BCUT2D eigenvalue weighted by molar-refractivity contribution is 7.91. The van der Waals surface area contributed by atoms with Crippen LogP contribution in [0, 0.1) is 17.6 Å². The highest BCUT2D eigenvalue weighted by Crippen LogP contribution is 2.45. The van der Waals surface area contributed by atoms with Crippen LogP contribution < -0.4 is 9.46 Å². The normalized spacial score (nSPS) is 19.5. The van der Waals surface area contributed by atoms with Crippen LogP contribution in [0.1, 0.15) is 60.4 Å². The summed E-state index contributed by atoms with van der Waals surface area (Å²) in [4.78, 5) is 12.4. The van der Waals surface area contributed by atoms with Gasteiger partial charge in [-0.05, 0) is 80.2 Å².